The molecule has 1 unspecified atom stereocenters. The molecule has 0 bridgehead atoms. The average Bonchev–Trinajstić information content (AvgIpc) is 2.65. The van der Waals surface area contributed by atoms with Crippen LogP contribution in [0.2, 0.25) is 0 Å². The van der Waals surface area contributed by atoms with Crippen LogP contribution in [-0.2, 0) is 9.53 Å². The molecular weight excluding hydrogens is 192 g/mol. The molecule has 4 heteroatoms. The zero-order valence-electron chi connectivity index (χ0n) is 9.58. The Balaban J connectivity index is 1.94. The first kappa shape index (κ1) is 10.9. The first-order valence-corrected chi connectivity index (χ1v) is 5.71. The second kappa shape index (κ2) is 4.10. The van der Waals surface area contributed by atoms with Crippen LogP contribution in [0.5, 0.6) is 0 Å². The summed E-state index contributed by atoms with van der Waals surface area (Å²) < 4.78 is 5.61. The summed E-state index contributed by atoms with van der Waals surface area (Å²) in [5, 5.41) is 2.91. The minimum Gasteiger partial charge on any atom is -0.377 e. The lowest BCUT2D eigenvalue weighted by atomic mass is 9.99. The summed E-state index contributed by atoms with van der Waals surface area (Å²) in [6.07, 6.45) is 2.62. The molecule has 2 aliphatic rings. The van der Waals surface area contributed by atoms with E-state index in [1.165, 1.54) is 0 Å². The second-order valence-electron chi connectivity index (χ2n) is 5.10. The molecule has 0 spiro atoms. The Morgan fingerprint density at radius 2 is 2.40 bits per heavy atom. The second-order valence-corrected chi connectivity index (χ2v) is 5.10. The summed E-state index contributed by atoms with van der Waals surface area (Å²) in [6, 6.07) is 0. The van der Waals surface area contributed by atoms with Gasteiger partial charge in [-0.25, -0.2) is 0 Å². The third kappa shape index (κ3) is 2.49. The van der Waals surface area contributed by atoms with Crippen LogP contribution >= 0.6 is 0 Å². The van der Waals surface area contributed by atoms with Crippen molar-refractivity contribution in [1.29, 1.82) is 0 Å². The predicted molar refractivity (Wildman–Crippen MR) is 57.6 cm³/mol. The lowest BCUT2D eigenvalue weighted by molar-refractivity contribution is -0.128. The quantitative estimate of drug-likeness (QED) is 0.719. The van der Waals surface area contributed by atoms with Crippen LogP contribution in [0.15, 0.2) is 0 Å². The SMILES string of the molecule is CC1(C)CNC(=O)CN1CC1CCCO1. The van der Waals surface area contributed by atoms with Crippen molar-refractivity contribution in [2.45, 2.75) is 38.3 Å². The van der Waals surface area contributed by atoms with E-state index in [1.807, 2.05) is 0 Å². The summed E-state index contributed by atoms with van der Waals surface area (Å²) in [5.74, 6) is 0.132. The molecule has 2 fully saturated rings. The van der Waals surface area contributed by atoms with Crippen LogP contribution in [0.1, 0.15) is 26.7 Å². The van der Waals surface area contributed by atoms with Crippen molar-refractivity contribution in [2.75, 3.05) is 26.2 Å². The number of rotatable bonds is 2. The fraction of sp³-hybridized carbons (Fsp3) is 0.909. The van der Waals surface area contributed by atoms with Crippen molar-refractivity contribution in [2.24, 2.45) is 0 Å². The van der Waals surface area contributed by atoms with Gasteiger partial charge >= 0.3 is 0 Å². The number of ether oxygens (including phenoxy) is 1. The van der Waals surface area contributed by atoms with E-state index in [9.17, 15) is 4.79 Å². The molecule has 0 aromatic rings. The molecule has 2 saturated heterocycles. The van der Waals surface area contributed by atoms with Crippen molar-refractivity contribution in [3.8, 4) is 0 Å². The Kier molecular flexibility index (Phi) is 2.98. The van der Waals surface area contributed by atoms with Gasteiger partial charge in [-0.1, -0.05) is 0 Å². The van der Waals surface area contributed by atoms with Crippen molar-refractivity contribution in [3.05, 3.63) is 0 Å². The maximum absolute atomic E-state index is 11.3. The lowest BCUT2D eigenvalue weighted by Crippen LogP contribution is -2.61. The maximum atomic E-state index is 11.3. The molecule has 0 aromatic carbocycles. The molecule has 1 atom stereocenters. The van der Waals surface area contributed by atoms with E-state index in [-0.39, 0.29) is 11.4 Å². The van der Waals surface area contributed by atoms with Crippen LogP contribution in [-0.4, -0.2) is 48.7 Å². The van der Waals surface area contributed by atoms with Gasteiger partial charge < -0.3 is 10.1 Å². The fourth-order valence-electron chi connectivity index (χ4n) is 2.22. The van der Waals surface area contributed by atoms with Gasteiger partial charge in [-0.15, -0.1) is 0 Å². The highest BCUT2D eigenvalue weighted by Gasteiger charge is 2.35. The van der Waals surface area contributed by atoms with Crippen molar-refractivity contribution >= 4 is 5.91 Å². The number of carbonyl (C=O) groups excluding carboxylic acids is 1. The van der Waals surface area contributed by atoms with Crippen LogP contribution in [0.4, 0.5) is 0 Å². The smallest absolute Gasteiger partial charge is 0.234 e. The summed E-state index contributed by atoms with van der Waals surface area (Å²) in [7, 11) is 0. The minimum absolute atomic E-state index is 0.0554. The first-order valence-electron chi connectivity index (χ1n) is 5.71. The van der Waals surface area contributed by atoms with Crippen LogP contribution < -0.4 is 5.32 Å². The number of nitrogens with one attached hydrogen (secondary N) is 1. The Morgan fingerprint density at radius 1 is 1.60 bits per heavy atom. The zero-order valence-corrected chi connectivity index (χ0v) is 9.58. The number of hydrogen-bond donors (Lipinski definition) is 1. The van der Waals surface area contributed by atoms with Crippen molar-refractivity contribution in [1.82, 2.24) is 10.2 Å². The number of carbonyl (C=O) groups is 1. The molecule has 0 saturated carbocycles. The summed E-state index contributed by atoms with van der Waals surface area (Å²) in [4.78, 5) is 13.6. The third-order valence-electron chi connectivity index (χ3n) is 3.36. The number of hydrogen-bond acceptors (Lipinski definition) is 3. The van der Waals surface area contributed by atoms with Gasteiger partial charge in [-0.3, -0.25) is 9.69 Å². The molecule has 0 aromatic heterocycles. The zero-order chi connectivity index (χ0) is 10.9. The average molecular weight is 212 g/mol. The summed E-state index contributed by atoms with van der Waals surface area (Å²) >= 11 is 0. The van der Waals surface area contributed by atoms with Gasteiger partial charge in [0.25, 0.3) is 0 Å². The molecule has 1 amide bonds. The molecule has 86 valence electrons. The maximum Gasteiger partial charge on any atom is 0.234 e. The van der Waals surface area contributed by atoms with Crippen molar-refractivity contribution in [3.63, 3.8) is 0 Å². The van der Waals surface area contributed by atoms with E-state index in [1.54, 1.807) is 0 Å². The standard InChI is InChI=1S/C11H20N2O2/c1-11(2)8-12-10(14)7-13(11)6-9-4-3-5-15-9/h9H,3-8H2,1-2H3,(H,12,14). The molecule has 2 aliphatic heterocycles. The highest BCUT2D eigenvalue weighted by Crippen LogP contribution is 2.21. The summed E-state index contributed by atoms with van der Waals surface area (Å²) in [5.41, 5.74) is 0.0554. The fourth-order valence-corrected chi connectivity index (χ4v) is 2.22. The van der Waals surface area contributed by atoms with Gasteiger partial charge in [0.2, 0.25) is 5.91 Å². The lowest BCUT2D eigenvalue weighted by Gasteiger charge is -2.42. The topological polar surface area (TPSA) is 41.6 Å². The highest BCUT2D eigenvalue weighted by atomic mass is 16.5. The molecule has 15 heavy (non-hydrogen) atoms. The molecule has 2 rings (SSSR count). The molecule has 0 aliphatic carbocycles. The van der Waals surface area contributed by atoms with Gasteiger partial charge in [0.15, 0.2) is 0 Å². The van der Waals surface area contributed by atoms with E-state index in [0.717, 1.165) is 32.5 Å². The molecule has 1 N–H and O–H groups in total. The van der Waals surface area contributed by atoms with E-state index in [0.29, 0.717) is 12.6 Å². The Labute approximate surface area is 91.0 Å². The van der Waals surface area contributed by atoms with E-state index < -0.39 is 0 Å². The van der Waals surface area contributed by atoms with Gasteiger partial charge in [-0.2, -0.15) is 0 Å². The normalized spacial score (nSPS) is 31.6. The molecular formula is C11H20N2O2. The number of nitrogens with zero attached hydrogens (tertiary/aromatic N) is 1. The predicted octanol–water partition coefficient (Wildman–Crippen LogP) is 0.376. The Bertz CT molecular complexity index is 247. The Morgan fingerprint density at radius 3 is 3.07 bits per heavy atom. The molecule has 0 radical (unpaired) electrons. The van der Waals surface area contributed by atoms with Gasteiger partial charge in [0.1, 0.15) is 0 Å². The minimum atomic E-state index is 0.0554. The van der Waals surface area contributed by atoms with Crippen LogP contribution in [0.3, 0.4) is 0 Å². The first-order chi connectivity index (χ1) is 7.08. The van der Waals surface area contributed by atoms with Gasteiger partial charge in [0.05, 0.1) is 12.6 Å². The number of amides is 1. The highest BCUT2D eigenvalue weighted by molar-refractivity contribution is 5.79. The van der Waals surface area contributed by atoms with Gasteiger partial charge in [0, 0.05) is 25.2 Å². The van der Waals surface area contributed by atoms with Crippen LogP contribution in [0, 0.1) is 0 Å². The summed E-state index contributed by atoms with van der Waals surface area (Å²) in [6.45, 7) is 7.35. The van der Waals surface area contributed by atoms with Gasteiger partial charge in [-0.05, 0) is 26.7 Å². The van der Waals surface area contributed by atoms with E-state index in [4.69, 9.17) is 4.74 Å². The number of piperazine rings is 1. The van der Waals surface area contributed by atoms with E-state index >= 15 is 0 Å². The molecule has 4 nitrogen and oxygen atoms in total. The third-order valence-corrected chi connectivity index (χ3v) is 3.36. The monoisotopic (exact) mass is 212 g/mol. The van der Waals surface area contributed by atoms with E-state index in [2.05, 4.69) is 24.1 Å². The van der Waals surface area contributed by atoms with Crippen LogP contribution in [0.25, 0.3) is 0 Å². The van der Waals surface area contributed by atoms with Crippen molar-refractivity contribution < 1.29 is 9.53 Å². The largest absolute Gasteiger partial charge is 0.377 e. The Hall–Kier alpha value is -0.610. The molecule has 2 heterocycles.